The molecule has 0 saturated heterocycles. The molecule has 13 heavy (non-hydrogen) atoms. The number of alkyl halides is 1. The fourth-order valence-electron chi connectivity index (χ4n) is 1.35. The van der Waals surface area contributed by atoms with Crippen LogP contribution < -0.4 is 10.1 Å². The SMILES string of the molecule is O=C1Cc2ccc(OCCl)cc2N1. The summed E-state index contributed by atoms with van der Waals surface area (Å²) < 4.78 is 5.08. The quantitative estimate of drug-likeness (QED) is 0.734. The van der Waals surface area contributed by atoms with Crippen molar-refractivity contribution in [2.75, 3.05) is 11.4 Å². The standard InChI is InChI=1S/C9H8ClNO2/c10-5-13-7-2-1-6-3-9(12)11-8(6)4-7/h1-2,4H,3,5H2,(H,11,12). The molecule has 1 amide bonds. The summed E-state index contributed by atoms with van der Waals surface area (Å²) in [7, 11) is 0. The maximum absolute atomic E-state index is 11.0. The normalized spacial score (nSPS) is 13.8. The summed E-state index contributed by atoms with van der Waals surface area (Å²) in [6.07, 6.45) is 0.455. The lowest BCUT2D eigenvalue weighted by Crippen LogP contribution is -2.03. The highest BCUT2D eigenvalue weighted by atomic mass is 35.5. The van der Waals surface area contributed by atoms with E-state index in [4.69, 9.17) is 16.3 Å². The molecule has 1 aromatic rings. The smallest absolute Gasteiger partial charge is 0.228 e. The van der Waals surface area contributed by atoms with Crippen LogP contribution in [-0.4, -0.2) is 12.0 Å². The second-order valence-corrected chi connectivity index (χ2v) is 3.02. The Morgan fingerprint density at radius 3 is 3.15 bits per heavy atom. The number of nitrogens with one attached hydrogen (secondary N) is 1. The summed E-state index contributed by atoms with van der Waals surface area (Å²) in [4.78, 5) is 11.0. The molecule has 1 aliphatic rings. The van der Waals surface area contributed by atoms with Crippen LogP contribution >= 0.6 is 11.6 Å². The minimum atomic E-state index is 0.0259. The molecule has 4 heteroatoms. The van der Waals surface area contributed by atoms with Gasteiger partial charge in [0.1, 0.15) is 5.75 Å². The van der Waals surface area contributed by atoms with Crippen molar-refractivity contribution in [2.24, 2.45) is 0 Å². The summed E-state index contributed by atoms with van der Waals surface area (Å²) in [5, 5.41) is 2.73. The van der Waals surface area contributed by atoms with Crippen LogP contribution in [0.25, 0.3) is 0 Å². The number of carbonyl (C=O) groups excluding carboxylic acids is 1. The van der Waals surface area contributed by atoms with Crippen molar-refractivity contribution < 1.29 is 9.53 Å². The Labute approximate surface area is 80.6 Å². The lowest BCUT2D eigenvalue weighted by atomic mass is 10.1. The summed E-state index contributed by atoms with van der Waals surface area (Å²) >= 11 is 5.41. The van der Waals surface area contributed by atoms with Gasteiger partial charge >= 0.3 is 0 Å². The first kappa shape index (κ1) is 8.38. The highest BCUT2D eigenvalue weighted by Gasteiger charge is 2.17. The maximum atomic E-state index is 11.0. The average Bonchev–Trinajstić information content (AvgIpc) is 2.44. The molecule has 1 N–H and O–H groups in total. The number of amides is 1. The molecule has 0 fully saturated rings. The molecular weight excluding hydrogens is 190 g/mol. The van der Waals surface area contributed by atoms with Gasteiger partial charge in [0.15, 0.2) is 6.07 Å². The Morgan fingerprint density at radius 1 is 1.54 bits per heavy atom. The number of hydrogen-bond acceptors (Lipinski definition) is 2. The van der Waals surface area contributed by atoms with Gasteiger partial charge in [-0.1, -0.05) is 17.7 Å². The van der Waals surface area contributed by atoms with Crippen molar-refractivity contribution in [3.63, 3.8) is 0 Å². The van der Waals surface area contributed by atoms with Crippen molar-refractivity contribution in [3.8, 4) is 5.75 Å². The molecule has 0 bridgehead atoms. The fourth-order valence-corrected chi connectivity index (χ4v) is 1.47. The average molecular weight is 198 g/mol. The lowest BCUT2D eigenvalue weighted by Gasteiger charge is -2.03. The van der Waals surface area contributed by atoms with Crippen LogP contribution in [0.3, 0.4) is 0 Å². The van der Waals surface area contributed by atoms with Gasteiger partial charge in [-0.15, -0.1) is 0 Å². The number of fused-ring (bicyclic) bond motifs is 1. The van der Waals surface area contributed by atoms with Crippen molar-refractivity contribution in [1.29, 1.82) is 0 Å². The molecular formula is C9H8ClNO2. The van der Waals surface area contributed by atoms with Crippen LogP contribution in [0.4, 0.5) is 5.69 Å². The Balaban J connectivity index is 2.29. The molecule has 68 valence electrons. The van der Waals surface area contributed by atoms with E-state index < -0.39 is 0 Å². The predicted octanol–water partition coefficient (Wildman–Crippen LogP) is 1.76. The molecule has 3 nitrogen and oxygen atoms in total. The van der Waals surface area contributed by atoms with Crippen molar-refractivity contribution in [3.05, 3.63) is 23.8 Å². The van der Waals surface area contributed by atoms with Gasteiger partial charge < -0.3 is 10.1 Å². The summed E-state index contributed by atoms with van der Waals surface area (Å²) in [6, 6.07) is 5.58. The van der Waals surface area contributed by atoms with Gasteiger partial charge in [-0.2, -0.15) is 0 Å². The molecule has 0 spiro atoms. The van der Waals surface area contributed by atoms with Crippen LogP contribution in [0.15, 0.2) is 18.2 Å². The maximum Gasteiger partial charge on any atom is 0.228 e. The third-order valence-electron chi connectivity index (χ3n) is 1.93. The van der Waals surface area contributed by atoms with E-state index in [0.29, 0.717) is 12.2 Å². The first-order valence-corrected chi connectivity index (χ1v) is 4.44. The number of benzene rings is 1. The van der Waals surface area contributed by atoms with E-state index in [1.165, 1.54) is 0 Å². The number of rotatable bonds is 2. The number of carbonyl (C=O) groups is 1. The van der Waals surface area contributed by atoms with Crippen molar-refractivity contribution in [2.45, 2.75) is 6.42 Å². The number of ether oxygens (including phenoxy) is 1. The molecule has 0 saturated carbocycles. The molecule has 0 atom stereocenters. The first-order valence-electron chi connectivity index (χ1n) is 3.91. The minimum absolute atomic E-state index is 0.0259. The third kappa shape index (κ3) is 1.60. The Kier molecular flexibility index (Phi) is 2.10. The van der Waals surface area contributed by atoms with E-state index in [0.717, 1.165) is 11.3 Å². The minimum Gasteiger partial charge on any atom is -0.478 e. The van der Waals surface area contributed by atoms with Gasteiger partial charge in [0.2, 0.25) is 5.91 Å². The van der Waals surface area contributed by atoms with Crippen LogP contribution in [0.2, 0.25) is 0 Å². The lowest BCUT2D eigenvalue weighted by molar-refractivity contribution is -0.115. The highest BCUT2D eigenvalue weighted by Crippen LogP contribution is 2.27. The second-order valence-electron chi connectivity index (χ2n) is 2.80. The number of hydrogen-bond donors (Lipinski definition) is 1. The van der Waals surface area contributed by atoms with Crippen molar-refractivity contribution in [1.82, 2.24) is 0 Å². The van der Waals surface area contributed by atoms with Crippen LogP contribution in [0.1, 0.15) is 5.56 Å². The van der Waals surface area contributed by atoms with Gasteiger partial charge in [0.05, 0.1) is 6.42 Å². The zero-order valence-corrected chi connectivity index (χ0v) is 7.60. The second kappa shape index (κ2) is 3.26. The largest absolute Gasteiger partial charge is 0.478 e. The molecule has 0 unspecified atom stereocenters. The molecule has 0 aliphatic carbocycles. The van der Waals surface area contributed by atoms with E-state index in [1.54, 1.807) is 6.07 Å². The van der Waals surface area contributed by atoms with E-state index in [2.05, 4.69) is 5.32 Å². The Hall–Kier alpha value is -1.22. The number of halogens is 1. The monoisotopic (exact) mass is 197 g/mol. The molecule has 0 aromatic heterocycles. The summed E-state index contributed by atoms with van der Waals surface area (Å²) in [5.41, 5.74) is 1.83. The zero-order chi connectivity index (χ0) is 9.26. The molecule has 1 aliphatic heterocycles. The van der Waals surface area contributed by atoms with Gasteiger partial charge in [0, 0.05) is 11.8 Å². The topological polar surface area (TPSA) is 38.3 Å². The number of anilines is 1. The van der Waals surface area contributed by atoms with Gasteiger partial charge in [0.25, 0.3) is 0 Å². The Bertz CT molecular complexity index is 351. The third-order valence-corrected chi connectivity index (χ3v) is 2.04. The fraction of sp³-hybridized carbons (Fsp3) is 0.222. The molecule has 1 heterocycles. The summed E-state index contributed by atoms with van der Waals surface area (Å²) in [6.45, 7) is 0. The Morgan fingerprint density at radius 2 is 2.38 bits per heavy atom. The molecule has 2 rings (SSSR count). The van der Waals surface area contributed by atoms with Gasteiger partial charge in [-0.25, -0.2) is 0 Å². The molecule has 0 radical (unpaired) electrons. The van der Waals surface area contributed by atoms with Crippen LogP contribution in [0.5, 0.6) is 5.75 Å². The van der Waals surface area contributed by atoms with Gasteiger partial charge in [-0.3, -0.25) is 4.79 Å². The van der Waals surface area contributed by atoms with Crippen LogP contribution in [0, 0.1) is 0 Å². The van der Waals surface area contributed by atoms with E-state index in [1.807, 2.05) is 12.1 Å². The van der Waals surface area contributed by atoms with Crippen LogP contribution in [-0.2, 0) is 11.2 Å². The molecule has 1 aromatic carbocycles. The van der Waals surface area contributed by atoms with Crippen molar-refractivity contribution >= 4 is 23.2 Å². The van der Waals surface area contributed by atoms with E-state index in [9.17, 15) is 4.79 Å². The summed E-state index contributed by atoms with van der Waals surface area (Å²) in [5.74, 6) is 0.703. The zero-order valence-electron chi connectivity index (χ0n) is 6.84. The van der Waals surface area contributed by atoms with Gasteiger partial charge in [-0.05, 0) is 11.6 Å². The first-order chi connectivity index (χ1) is 6.29. The predicted molar refractivity (Wildman–Crippen MR) is 50.1 cm³/mol. The van der Waals surface area contributed by atoms with E-state index in [-0.39, 0.29) is 12.0 Å². The highest BCUT2D eigenvalue weighted by molar-refractivity contribution is 6.17. The van der Waals surface area contributed by atoms with E-state index >= 15 is 0 Å².